The summed E-state index contributed by atoms with van der Waals surface area (Å²) < 4.78 is 6.87. The summed E-state index contributed by atoms with van der Waals surface area (Å²) in [6, 6.07) is 3.64. The summed E-state index contributed by atoms with van der Waals surface area (Å²) in [7, 11) is 0. The molecule has 2 aromatic rings. The Hall–Kier alpha value is -2.28. The maximum Gasteiger partial charge on any atom is 0.303 e. The zero-order valence-electron chi connectivity index (χ0n) is 16.1. The predicted molar refractivity (Wildman–Crippen MR) is 107 cm³/mol. The van der Waals surface area contributed by atoms with Gasteiger partial charge in [-0.2, -0.15) is 5.10 Å². The van der Waals surface area contributed by atoms with E-state index in [4.69, 9.17) is 16.0 Å². The molecule has 0 spiro atoms. The average Bonchev–Trinajstić information content (AvgIpc) is 3.14. The van der Waals surface area contributed by atoms with Gasteiger partial charge in [0.05, 0.1) is 36.7 Å². The third-order valence-corrected chi connectivity index (χ3v) is 7.44. The van der Waals surface area contributed by atoms with E-state index in [1.807, 2.05) is 6.07 Å². The molecule has 4 aliphatic rings. The Kier molecular flexibility index (Phi) is 4.28. The van der Waals surface area contributed by atoms with Gasteiger partial charge >= 0.3 is 5.97 Å². The summed E-state index contributed by atoms with van der Waals surface area (Å²) in [4.78, 5) is 24.7. The number of carboxylic acids is 1. The third kappa shape index (κ3) is 3.16. The molecule has 2 N–H and O–H groups in total. The highest BCUT2D eigenvalue weighted by Gasteiger charge is 2.59. The van der Waals surface area contributed by atoms with Gasteiger partial charge < -0.3 is 14.8 Å². The van der Waals surface area contributed by atoms with Crippen molar-refractivity contribution >= 4 is 23.3 Å². The smallest absolute Gasteiger partial charge is 0.303 e. The van der Waals surface area contributed by atoms with Crippen molar-refractivity contribution in [2.24, 2.45) is 17.3 Å². The first-order valence-corrected chi connectivity index (χ1v) is 10.5. The van der Waals surface area contributed by atoms with Crippen molar-refractivity contribution in [3.05, 3.63) is 45.7 Å². The molecule has 0 unspecified atom stereocenters. The number of nitrogens with one attached hydrogen (secondary N) is 1. The van der Waals surface area contributed by atoms with Crippen LogP contribution in [-0.2, 0) is 16.9 Å². The van der Waals surface area contributed by atoms with Gasteiger partial charge in [0, 0.05) is 0 Å². The number of halogens is 1. The topological polar surface area (TPSA) is 97.4 Å². The molecule has 0 amide bonds. The molecule has 4 saturated carbocycles. The Labute approximate surface area is 173 Å². The Morgan fingerprint density at radius 3 is 2.76 bits per heavy atom. The molecule has 29 heavy (non-hydrogen) atoms. The second-order valence-corrected chi connectivity index (χ2v) is 9.66. The summed E-state index contributed by atoms with van der Waals surface area (Å²) in [5.74, 6) is 0.902. The molecule has 154 valence electrons. The Balaban J connectivity index is 1.46. The van der Waals surface area contributed by atoms with Crippen molar-refractivity contribution in [2.75, 3.05) is 5.32 Å². The van der Waals surface area contributed by atoms with Gasteiger partial charge in [-0.15, -0.1) is 0 Å². The van der Waals surface area contributed by atoms with E-state index in [0.717, 1.165) is 37.9 Å². The van der Waals surface area contributed by atoms with Crippen LogP contribution in [0.1, 0.15) is 50.7 Å². The first kappa shape index (κ1) is 18.7. The molecule has 8 heteroatoms. The Bertz CT molecular complexity index is 986. The summed E-state index contributed by atoms with van der Waals surface area (Å²) in [5.41, 5.74) is -0.461. The van der Waals surface area contributed by atoms with Gasteiger partial charge in [0.25, 0.3) is 5.56 Å². The SMILES string of the molecule is O=C(O)CC12C[C@@H]3C[C@@H](C1)CC(n1ncc(NCc4ccco4)c(Cl)c1=O)(C3)C2. The lowest BCUT2D eigenvalue weighted by atomic mass is 9.46. The van der Waals surface area contributed by atoms with E-state index in [1.165, 1.54) is 0 Å². The fourth-order valence-corrected chi connectivity index (χ4v) is 6.86. The molecule has 2 atom stereocenters. The van der Waals surface area contributed by atoms with Crippen molar-refractivity contribution < 1.29 is 14.3 Å². The summed E-state index contributed by atoms with van der Waals surface area (Å²) >= 11 is 6.44. The van der Waals surface area contributed by atoms with Crippen molar-refractivity contribution in [3.63, 3.8) is 0 Å². The van der Waals surface area contributed by atoms with Gasteiger partial charge in [0.15, 0.2) is 0 Å². The standard InChI is InChI=1S/C21H24ClN3O4/c22-18-16(23-10-15-2-1-3-29-15)11-24-25(19(18)28)21-7-13-4-14(8-21)6-20(5-13,12-21)9-17(26)27/h1-3,11,13-14,23H,4-10,12H2,(H,26,27)/t13-,14-,20?,21?/m0/s1. The lowest BCUT2D eigenvalue weighted by Gasteiger charge is -2.61. The number of nitrogens with zero attached hydrogens (tertiary/aromatic N) is 2. The minimum Gasteiger partial charge on any atom is -0.481 e. The number of furan rings is 1. The highest BCUT2D eigenvalue weighted by molar-refractivity contribution is 6.32. The number of anilines is 1. The largest absolute Gasteiger partial charge is 0.481 e. The van der Waals surface area contributed by atoms with Crippen LogP contribution >= 0.6 is 11.6 Å². The number of hydrogen-bond acceptors (Lipinski definition) is 5. The first-order chi connectivity index (χ1) is 13.9. The number of carboxylic acid groups (broad SMARTS) is 1. The zero-order chi connectivity index (χ0) is 20.2. The Morgan fingerprint density at radius 2 is 2.10 bits per heavy atom. The minimum absolute atomic E-state index is 0.120. The summed E-state index contributed by atoms with van der Waals surface area (Å²) in [6.07, 6.45) is 8.86. The molecule has 2 aromatic heterocycles. The van der Waals surface area contributed by atoms with Crippen molar-refractivity contribution in [1.29, 1.82) is 0 Å². The van der Waals surface area contributed by atoms with E-state index < -0.39 is 11.5 Å². The summed E-state index contributed by atoms with van der Waals surface area (Å²) in [6.45, 7) is 0.412. The van der Waals surface area contributed by atoms with Crippen molar-refractivity contribution in [3.8, 4) is 0 Å². The minimum atomic E-state index is -0.752. The average molecular weight is 418 g/mol. The monoisotopic (exact) mass is 417 g/mol. The highest BCUT2D eigenvalue weighted by Crippen LogP contribution is 2.65. The van der Waals surface area contributed by atoms with Crippen LogP contribution < -0.4 is 10.9 Å². The van der Waals surface area contributed by atoms with Gasteiger partial charge in [0.1, 0.15) is 10.8 Å². The lowest BCUT2D eigenvalue weighted by Crippen LogP contribution is -2.59. The van der Waals surface area contributed by atoms with E-state index in [2.05, 4.69) is 10.4 Å². The van der Waals surface area contributed by atoms with E-state index in [-0.39, 0.29) is 22.4 Å². The molecular weight excluding hydrogens is 394 g/mol. The molecule has 0 aliphatic heterocycles. The maximum atomic E-state index is 13.2. The molecular formula is C21H24ClN3O4. The second-order valence-electron chi connectivity index (χ2n) is 9.28. The first-order valence-electron chi connectivity index (χ1n) is 10.1. The molecule has 0 saturated heterocycles. The highest BCUT2D eigenvalue weighted by atomic mass is 35.5. The summed E-state index contributed by atoms with van der Waals surface area (Å²) in [5, 5.41) is 17.2. The number of aromatic nitrogens is 2. The molecule has 0 aromatic carbocycles. The molecule has 0 radical (unpaired) electrons. The van der Waals surface area contributed by atoms with Crippen LogP contribution in [0, 0.1) is 17.3 Å². The number of hydrogen-bond donors (Lipinski definition) is 2. The Morgan fingerprint density at radius 1 is 1.34 bits per heavy atom. The van der Waals surface area contributed by atoms with Crippen LogP contribution in [0.5, 0.6) is 0 Å². The lowest BCUT2D eigenvalue weighted by molar-refractivity contribution is -0.151. The van der Waals surface area contributed by atoms with Crippen molar-refractivity contribution in [2.45, 2.75) is 57.0 Å². The fraction of sp³-hybridized carbons (Fsp3) is 0.571. The zero-order valence-corrected chi connectivity index (χ0v) is 16.8. The normalized spacial score (nSPS) is 32.4. The van der Waals surface area contributed by atoms with E-state index in [9.17, 15) is 14.7 Å². The second kappa shape index (κ2) is 6.62. The molecule has 4 aliphatic carbocycles. The molecule has 4 bridgehead atoms. The third-order valence-electron chi connectivity index (χ3n) is 7.08. The van der Waals surface area contributed by atoms with Crippen LogP contribution in [0.15, 0.2) is 33.8 Å². The van der Waals surface area contributed by atoms with E-state index in [0.29, 0.717) is 30.5 Å². The van der Waals surface area contributed by atoms with Crippen LogP contribution in [-0.4, -0.2) is 20.9 Å². The molecule has 4 fully saturated rings. The number of rotatable bonds is 6. The van der Waals surface area contributed by atoms with Gasteiger partial charge in [0.2, 0.25) is 0 Å². The maximum absolute atomic E-state index is 13.2. The van der Waals surface area contributed by atoms with Crippen LogP contribution in [0.25, 0.3) is 0 Å². The van der Waals surface area contributed by atoms with Gasteiger partial charge in [-0.05, 0) is 67.9 Å². The van der Waals surface area contributed by atoms with Crippen LogP contribution in [0.4, 0.5) is 5.69 Å². The fourth-order valence-electron chi connectivity index (χ4n) is 6.67. The van der Waals surface area contributed by atoms with E-state index in [1.54, 1.807) is 23.2 Å². The van der Waals surface area contributed by atoms with Gasteiger partial charge in [-0.1, -0.05) is 11.6 Å². The quantitative estimate of drug-likeness (QED) is 0.740. The van der Waals surface area contributed by atoms with Crippen molar-refractivity contribution in [1.82, 2.24) is 9.78 Å². The molecule has 7 nitrogen and oxygen atoms in total. The van der Waals surface area contributed by atoms with Gasteiger partial charge in [-0.25, -0.2) is 4.68 Å². The van der Waals surface area contributed by atoms with Crippen LogP contribution in [0.3, 0.4) is 0 Å². The predicted octanol–water partition coefficient (Wildman–Crippen LogP) is 3.87. The van der Waals surface area contributed by atoms with Crippen LogP contribution in [0.2, 0.25) is 5.02 Å². The number of carbonyl (C=O) groups is 1. The molecule has 6 rings (SSSR count). The van der Waals surface area contributed by atoms with E-state index >= 15 is 0 Å². The molecule has 2 heterocycles. The van der Waals surface area contributed by atoms with Gasteiger partial charge in [-0.3, -0.25) is 9.59 Å². The number of aliphatic carboxylic acids is 1.